The minimum atomic E-state index is 0. The third kappa shape index (κ3) is 4.93. The molecule has 7 nitrogen and oxygen atoms in total. The molecule has 3 rings (SSSR count). The summed E-state index contributed by atoms with van der Waals surface area (Å²) in [6, 6.07) is 0.309. The van der Waals surface area contributed by atoms with E-state index < -0.39 is 0 Å². The lowest BCUT2D eigenvalue weighted by atomic mass is 10.1. The number of fused-ring (bicyclic) bond motifs is 1. The van der Waals surface area contributed by atoms with Gasteiger partial charge >= 0.3 is 0 Å². The second kappa shape index (κ2) is 9.12. The Morgan fingerprint density at radius 3 is 2.77 bits per heavy atom. The standard InChI is InChI=1S/C17H27N7S.HI/c1-10(2)16-11(3)25-15(22-16)8-19-17(18-5)21-13-6-7-14-20-12(4)23-24(14)9-13;/h10,13H,6-9H2,1-5H3,(H2,18,19,21);1H. The first-order chi connectivity index (χ1) is 12.0. The molecule has 0 spiro atoms. The van der Waals surface area contributed by atoms with Gasteiger partial charge in [0.25, 0.3) is 0 Å². The van der Waals surface area contributed by atoms with Crippen LogP contribution in [0.5, 0.6) is 0 Å². The van der Waals surface area contributed by atoms with Gasteiger partial charge in [0.15, 0.2) is 5.96 Å². The van der Waals surface area contributed by atoms with Crippen molar-refractivity contribution in [2.24, 2.45) is 4.99 Å². The smallest absolute Gasteiger partial charge is 0.191 e. The first-order valence-corrected chi connectivity index (χ1v) is 9.61. The van der Waals surface area contributed by atoms with E-state index in [9.17, 15) is 0 Å². The van der Waals surface area contributed by atoms with Crippen molar-refractivity contribution in [3.8, 4) is 0 Å². The molecule has 1 unspecified atom stereocenters. The third-order valence-corrected chi connectivity index (χ3v) is 5.35. The van der Waals surface area contributed by atoms with Crippen molar-refractivity contribution in [1.82, 2.24) is 30.4 Å². The highest BCUT2D eigenvalue weighted by molar-refractivity contribution is 14.0. The molecule has 2 aromatic heterocycles. The van der Waals surface area contributed by atoms with Crippen LogP contribution in [-0.4, -0.2) is 38.8 Å². The van der Waals surface area contributed by atoms with Crippen molar-refractivity contribution in [2.75, 3.05) is 7.05 Å². The molecule has 2 aromatic rings. The average Bonchev–Trinajstić information content (AvgIpc) is 3.12. The van der Waals surface area contributed by atoms with Crippen molar-refractivity contribution >= 4 is 41.3 Å². The molecule has 0 saturated carbocycles. The van der Waals surface area contributed by atoms with Crippen LogP contribution in [0.4, 0.5) is 0 Å². The Morgan fingerprint density at radius 2 is 2.12 bits per heavy atom. The zero-order chi connectivity index (χ0) is 18.0. The molecule has 0 amide bonds. The Balaban J connectivity index is 0.00000243. The third-order valence-electron chi connectivity index (χ3n) is 4.36. The molecule has 2 N–H and O–H groups in total. The molecule has 9 heteroatoms. The van der Waals surface area contributed by atoms with Crippen molar-refractivity contribution in [1.29, 1.82) is 0 Å². The highest BCUT2D eigenvalue weighted by Gasteiger charge is 2.21. The summed E-state index contributed by atoms with van der Waals surface area (Å²) in [4.78, 5) is 14.9. The molecule has 1 aliphatic heterocycles. The van der Waals surface area contributed by atoms with Crippen molar-refractivity contribution < 1.29 is 0 Å². The van der Waals surface area contributed by atoms with E-state index in [1.165, 1.54) is 10.6 Å². The monoisotopic (exact) mass is 489 g/mol. The number of halogens is 1. The summed E-state index contributed by atoms with van der Waals surface area (Å²) in [5.41, 5.74) is 1.20. The van der Waals surface area contributed by atoms with E-state index in [0.717, 1.165) is 42.0 Å². The van der Waals surface area contributed by atoms with Gasteiger partial charge in [0.1, 0.15) is 16.7 Å². The fourth-order valence-electron chi connectivity index (χ4n) is 3.18. The largest absolute Gasteiger partial charge is 0.352 e. The SMILES string of the molecule is CN=C(NCc1nc(C(C)C)c(C)s1)NC1CCc2nc(C)nn2C1.I. The Hall–Kier alpha value is -1.23. The second-order valence-corrected chi connectivity index (χ2v) is 8.05. The summed E-state index contributed by atoms with van der Waals surface area (Å²) in [7, 11) is 1.80. The molecule has 0 aromatic carbocycles. The Bertz CT molecular complexity index is 765. The van der Waals surface area contributed by atoms with Gasteiger partial charge in [-0.1, -0.05) is 13.8 Å². The number of nitrogens with zero attached hydrogens (tertiary/aromatic N) is 5. The number of nitrogens with one attached hydrogen (secondary N) is 2. The maximum atomic E-state index is 4.75. The van der Waals surface area contributed by atoms with Crippen LogP contribution >= 0.6 is 35.3 Å². The van der Waals surface area contributed by atoms with E-state index in [1.807, 2.05) is 11.6 Å². The molecule has 3 heterocycles. The number of guanidine groups is 1. The Kier molecular flexibility index (Phi) is 7.39. The number of hydrogen-bond donors (Lipinski definition) is 2. The second-order valence-electron chi connectivity index (χ2n) is 6.77. The number of hydrogen-bond acceptors (Lipinski definition) is 5. The number of aliphatic imine (C=N–C) groups is 1. The van der Waals surface area contributed by atoms with Crippen LogP contribution in [0.25, 0.3) is 0 Å². The van der Waals surface area contributed by atoms with Gasteiger partial charge in [-0.25, -0.2) is 14.6 Å². The van der Waals surface area contributed by atoms with E-state index in [1.54, 1.807) is 18.4 Å². The van der Waals surface area contributed by atoms with Crippen molar-refractivity contribution in [3.63, 3.8) is 0 Å². The molecular formula is C17H28IN7S. The van der Waals surface area contributed by atoms with Gasteiger partial charge < -0.3 is 10.6 Å². The highest BCUT2D eigenvalue weighted by Crippen LogP contribution is 2.23. The van der Waals surface area contributed by atoms with Gasteiger partial charge in [-0.15, -0.1) is 35.3 Å². The van der Waals surface area contributed by atoms with Crippen molar-refractivity contribution in [2.45, 2.75) is 65.6 Å². The van der Waals surface area contributed by atoms with E-state index in [-0.39, 0.29) is 24.0 Å². The zero-order valence-electron chi connectivity index (χ0n) is 16.0. The lowest BCUT2D eigenvalue weighted by Gasteiger charge is -2.25. The number of thiazole rings is 1. The van der Waals surface area contributed by atoms with Gasteiger partial charge in [-0.3, -0.25) is 4.99 Å². The summed E-state index contributed by atoms with van der Waals surface area (Å²) in [6.07, 6.45) is 1.98. The van der Waals surface area contributed by atoms with Crippen LogP contribution in [0.3, 0.4) is 0 Å². The van der Waals surface area contributed by atoms with E-state index in [4.69, 9.17) is 4.98 Å². The van der Waals surface area contributed by atoms with Gasteiger partial charge in [0.05, 0.1) is 18.8 Å². The first-order valence-electron chi connectivity index (χ1n) is 8.80. The van der Waals surface area contributed by atoms with Crippen LogP contribution in [0.1, 0.15) is 53.4 Å². The number of aromatic nitrogens is 4. The van der Waals surface area contributed by atoms with Crippen LogP contribution in [0, 0.1) is 13.8 Å². The van der Waals surface area contributed by atoms with Crippen LogP contribution in [0.15, 0.2) is 4.99 Å². The number of aryl methyl sites for hydroxylation is 3. The van der Waals surface area contributed by atoms with Gasteiger partial charge in [0, 0.05) is 24.4 Å². The predicted molar refractivity (Wildman–Crippen MR) is 117 cm³/mol. The fraction of sp³-hybridized carbons (Fsp3) is 0.647. The quantitative estimate of drug-likeness (QED) is 0.392. The normalized spacial score (nSPS) is 17.0. The summed E-state index contributed by atoms with van der Waals surface area (Å²) >= 11 is 1.76. The highest BCUT2D eigenvalue weighted by atomic mass is 127. The van der Waals surface area contributed by atoms with Gasteiger partial charge in [-0.2, -0.15) is 5.10 Å². The first kappa shape index (κ1) is 21.1. The maximum absolute atomic E-state index is 4.75. The van der Waals surface area contributed by atoms with Gasteiger partial charge in [-0.05, 0) is 26.2 Å². The van der Waals surface area contributed by atoms with Crippen LogP contribution in [-0.2, 0) is 19.5 Å². The van der Waals surface area contributed by atoms with Gasteiger partial charge in [0.2, 0.25) is 0 Å². The molecule has 0 saturated heterocycles. The molecule has 0 aliphatic carbocycles. The van der Waals surface area contributed by atoms with E-state index in [2.05, 4.69) is 46.5 Å². The zero-order valence-corrected chi connectivity index (χ0v) is 19.2. The van der Waals surface area contributed by atoms with Crippen molar-refractivity contribution in [3.05, 3.63) is 27.2 Å². The number of rotatable bonds is 4. The molecule has 1 aliphatic rings. The molecule has 0 radical (unpaired) electrons. The molecular weight excluding hydrogens is 461 g/mol. The Morgan fingerprint density at radius 1 is 1.35 bits per heavy atom. The summed E-state index contributed by atoms with van der Waals surface area (Å²) in [5.74, 6) is 3.20. The van der Waals surface area contributed by atoms with E-state index in [0.29, 0.717) is 18.5 Å². The average molecular weight is 489 g/mol. The van der Waals surface area contributed by atoms with Crippen LogP contribution < -0.4 is 10.6 Å². The molecule has 1 atom stereocenters. The molecule has 144 valence electrons. The fourth-order valence-corrected chi connectivity index (χ4v) is 4.20. The lowest BCUT2D eigenvalue weighted by molar-refractivity contribution is 0.392. The predicted octanol–water partition coefficient (Wildman–Crippen LogP) is 2.77. The topological polar surface area (TPSA) is 80.0 Å². The lowest BCUT2D eigenvalue weighted by Crippen LogP contribution is -2.46. The Labute approximate surface area is 176 Å². The molecule has 26 heavy (non-hydrogen) atoms. The molecule has 0 bridgehead atoms. The van der Waals surface area contributed by atoms with Crippen LogP contribution in [0.2, 0.25) is 0 Å². The summed E-state index contributed by atoms with van der Waals surface area (Å²) in [6.45, 7) is 9.97. The minimum Gasteiger partial charge on any atom is -0.352 e. The van der Waals surface area contributed by atoms with E-state index >= 15 is 0 Å². The summed E-state index contributed by atoms with van der Waals surface area (Å²) < 4.78 is 2.00. The maximum Gasteiger partial charge on any atom is 0.191 e. The minimum absolute atomic E-state index is 0. The summed E-state index contributed by atoms with van der Waals surface area (Å²) in [5, 5.41) is 12.4. The molecule has 0 fully saturated rings.